The molecule has 4 rings (SSSR count). The van der Waals surface area contributed by atoms with E-state index < -0.39 is 0 Å². The van der Waals surface area contributed by atoms with Crippen LogP contribution in [-0.4, -0.2) is 41.2 Å². The number of methoxy groups -OCH3 is 1. The van der Waals surface area contributed by atoms with Crippen molar-refractivity contribution in [1.29, 1.82) is 0 Å². The van der Waals surface area contributed by atoms with Crippen LogP contribution in [0.15, 0.2) is 55.0 Å². The monoisotopic (exact) mass is 377 g/mol. The number of hydrogen-bond donors (Lipinski definition) is 2. The molecule has 1 aliphatic rings. The van der Waals surface area contributed by atoms with E-state index in [-0.39, 0.29) is 0 Å². The lowest BCUT2D eigenvalue weighted by Crippen LogP contribution is -2.29. The smallest absolute Gasteiger partial charge is 0.246 e. The van der Waals surface area contributed by atoms with E-state index in [9.17, 15) is 0 Å². The normalized spacial score (nSPS) is 16.0. The fourth-order valence-electron chi connectivity index (χ4n) is 3.14. The largest absolute Gasteiger partial charge is 0.497 e. The van der Waals surface area contributed by atoms with Gasteiger partial charge in [-0.15, -0.1) is 0 Å². The molecule has 0 radical (unpaired) electrons. The first kappa shape index (κ1) is 18.2. The third kappa shape index (κ3) is 4.37. The van der Waals surface area contributed by atoms with E-state index in [0.717, 1.165) is 36.5 Å². The van der Waals surface area contributed by atoms with Gasteiger partial charge in [0.2, 0.25) is 5.88 Å². The SMILES string of the molecule is COc1cccc(Oc2nc(-c3cccnc3)ncc2NC[C@@H]2CCCN2)c1. The standard InChI is InChI=1S/C21H23N5O2/c1-27-17-7-2-8-18(11-17)28-21-19(24-13-16-6-4-10-23-16)14-25-20(26-21)15-5-3-9-22-12-15/h2-3,5,7-9,11-12,14,16,23-24H,4,6,10,13H2,1H3/t16-/m0/s1. The number of nitrogens with zero attached hydrogens (tertiary/aromatic N) is 3. The maximum absolute atomic E-state index is 6.09. The number of ether oxygens (including phenoxy) is 2. The second-order valence-electron chi connectivity index (χ2n) is 6.61. The summed E-state index contributed by atoms with van der Waals surface area (Å²) >= 11 is 0. The van der Waals surface area contributed by atoms with Gasteiger partial charge in [-0.1, -0.05) is 6.07 Å². The zero-order chi connectivity index (χ0) is 19.2. The number of hydrogen-bond acceptors (Lipinski definition) is 7. The van der Waals surface area contributed by atoms with E-state index >= 15 is 0 Å². The van der Waals surface area contributed by atoms with Gasteiger partial charge in [0.05, 0.1) is 13.3 Å². The maximum atomic E-state index is 6.09. The highest BCUT2D eigenvalue weighted by molar-refractivity contribution is 5.60. The lowest BCUT2D eigenvalue weighted by Gasteiger charge is -2.16. The third-order valence-electron chi connectivity index (χ3n) is 4.63. The Balaban J connectivity index is 1.62. The van der Waals surface area contributed by atoms with Crippen LogP contribution < -0.4 is 20.1 Å². The number of pyridine rings is 1. The molecule has 1 atom stereocenters. The predicted octanol–water partition coefficient (Wildman–Crippen LogP) is 3.50. The van der Waals surface area contributed by atoms with Gasteiger partial charge < -0.3 is 20.1 Å². The fourth-order valence-corrected chi connectivity index (χ4v) is 3.14. The summed E-state index contributed by atoms with van der Waals surface area (Å²) in [5, 5.41) is 6.90. The molecule has 0 aliphatic carbocycles. The van der Waals surface area contributed by atoms with Crippen LogP contribution >= 0.6 is 0 Å². The molecule has 1 aromatic carbocycles. The van der Waals surface area contributed by atoms with Crippen LogP contribution in [0.2, 0.25) is 0 Å². The summed E-state index contributed by atoms with van der Waals surface area (Å²) in [5.74, 6) is 2.41. The van der Waals surface area contributed by atoms with Crippen molar-refractivity contribution in [1.82, 2.24) is 20.3 Å². The van der Waals surface area contributed by atoms with Crippen LogP contribution in [0.5, 0.6) is 17.4 Å². The minimum Gasteiger partial charge on any atom is -0.497 e. The van der Waals surface area contributed by atoms with E-state index in [1.54, 1.807) is 25.7 Å². The first-order valence-corrected chi connectivity index (χ1v) is 9.38. The average molecular weight is 377 g/mol. The molecular formula is C21H23N5O2. The molecule has 0 amide bonds. The molecule has 0 bridgehead atoms. The number of aromatic nitrogens is 3. The maximum Gasteiger partial charge on any atom is 0.246 e. The summed E-state index contributed by atoms with van der Waals surface area (Å²) in [6, 6.07) is 11.7. The van der Waals surface area contributed by atoms with Crippen LogP contribution in [0, 0.1) is 0 Å². The second-order valence-corrected chi connectivity index (χ2v) is 6.61. The Labute approximate surface area is 164 Å². The van der Waals surface area contributed by atoms with E-state index in [1.807, 2.05) is 36.4 Å². The van der Waals surface area contributed by atoms with E-state index in [4.69, 9.17) is 9.47 Å². The van der Waals surface area contributed by atoms with Crippen molar-refractivity contribution in [2.75, 3.05) is 25.5 Å². The Bertz CT molecular complexity index is 914. The first-order valence-electron chi connectivity index (χ1n) is 9.38. The van der Waals surface area contributed by atoms with Gasteiger partial charge in [0.15, 0.2) is 5.82 Å². The number of benzene rings is 1. The molecule has 3 heterocycles. The Morgan fingerprint density at radius 3 is 2.89 bits per heavy atom. The first-order chi connectivity index (χ1) is 13.8. The van der Waals surface area contributed by atoms with Crippen molar-refractivity contribution in [3.8, 4) is 28.8 Å². The number of anilines is 1. The summed E-state index contributed by atoms with van der Waals surface area (Å²) in [6.07, 6.45) is 7.59. The topological polar surface area (TPSA) is 81.2 Å². The van der Waals surface area contributed by atoms with Crippen molar-refractivity contribution < 1.29 is 9.47 Å². The molecule has 7 nitrogen and oxygen atoms in total. The molecule has 1 saturated heterocycles. The molecule has 0 saturated carbocycles. The van der Waals surface area contributed by atoms with Crippen LogP contribution in [0.25, 0.3) is 11.4 Å². The molecule has 2 N–H and O–H groups in total. The highest BCUT2D eigenvalue weighted by Gasteiger charge is 2.16. The van der Waals surface area contributed by atoms with Gasteiger partial charge in [-0.05, 0) is 43.7 Å². The Morgan fingerprint density at radius 1 is 1.18 bits per heavy atom. The second kappa shape index (κ2) is 8.67. The van der Waals surface area contributed by atoms with Crippen LogP contribution in [0.3, 0.4) is 0 Å². The van der Waals surface area contributed by atoms with E-state index in [0.29, 0.717) is 23.5 Å². The van der Waals surface area contributed by atoms with Gasteiger partial charge in [-0.2, -0.15) is 4.98 Å². The molecule has 1 aliphatic heterocycles. The Hall–Kier alpha value is -3.19. The molecular weight excluding hydrogens is 354 g/mol. The van der Waals surface area contributed by atoms with Crippen molar-refractivity contribution in [2.24, 2.45) is 0 Å². The quantitative estimate of drug-likeness (QED) is 0.652. The number of rotatable bonds is 7. The Kier molecular flexibility index (Phi) is 5.63. The van der Waals surface area contributed by atoms with Gasteiger partial charge in [0.1, 0.15) is 17.2 Å². The third-order valence-corrected chi connectivity index (χ3v) is 4.63. The van der Waals surface area contributed by atoms with Gasteiger partial charge in [-0.3, -0.25) is 4.98 Å². The molecule has 3 aromatic rings. The fraction of sp³-hybridized carbons (Fsp3) is 0.286. The van der Waals surface area contributed by atoms with Crippen LogP contribution in [0.4, 0.5) is 5.69 Å². The van der Waals surface area contributed by atoms with Crippen molar-refractivity contribution >= 4 is 5.69 Å². The van der Waals surface area contributed by atoms with Gasteiger partial charge in [0, 0.05) is 36.6 Å². The van der Waals surface area contributed by atoms with Crippen molar-refractivity contribution in [3.63, 3.8) is 0 Å². The van der Waals surface area contributed by atoms with Gasteiger partial charge in [0.25, 0.3) is 0 Å². The lowest BCUT2D eigenvalue weighted by molar-refractivity contribution is 0.407. The molecule has 144 valence electrons. The summed E-state index contributed by atoms with van der Waals surface area (Å²) in [6.45, 7) is 1.86. The highest BCUT2D eigenvalue weighted by atomic mass is 16.5. The zero-order valence-electron chi connectivity index (χ0n) is 15.8. The summed E-state index contributed by atoms with van der Waals surface area (Å²) in [7, 11) is 1.63. The lowest BCUT2D eigenvalue weighted by atomic mass is 10.2. The molecule has 1 fully saturated rings. The molecule has 28 heavy (non-hydrogen) atoms. The van der Waals surface area contributed by atoms with Crippen molar-refractivity contribution in [2.45, 2.75) is 18.9 Å². The van der Waals surface area contributed by atoms with Gasteiger partial charge in [-0.25, -0.2) is 4.98 Å². The minimum absolute atomic E-state index is 0.447. The predicted molar refractivity (Wildman–Crippen MR) is 108 cm³/mol. The van der Waals surface area contributed by atoms with Crippen LogP contribution in [0.1, 0.15) is 12.8 Å². The van der Waals surface area contributed by atoms with Crippen LogP contribution in [-0.2, 0) is 0 Å². The highest BCUT2D eigenvalue weighted by Crippen LogP contribution is 2.31. The van der Waals surface area contributed by atoms with E-state index in [2.05, 4.69) is 25.6 Å². The molecule has 0 spiro atoms. The molecule has 0 unspecified atom stereocenters. The minimum atomic E-state index is 0.447. The summed E-state index contributed by atoms with van der Waals surface area (Å²) in [4.78, 5) is 13.3. The summed E-state index contributed by atoms with van der Waals surface area (Å²) < 4.78 is 11.4. The molecule has 2 aromatic heterocycles. The average Bonchev–Trinajstić information content (AvgIpc) is 3.27. The van der Waals surface area contributed by atoms with Crippen molar-refractivity contribution in [3.05, 3.63) is 55.0 Å². The zero-order valence-corrected chi connectivity index (χ0v) is 15.8. The Morgan fingerprint density at radius 2 is 2.11 bits per heavy atom. The van der Waals surface area contributed by atoms with Gasteiger partial charge >= 0.3 is 0 Å². The molecule has 7 heteroatoms. The van der Waals surface area contributed by atoms with E-state index in [1.165, 1.54) is 6.42 Å². The number of nitrogens with one attached hydrogen (secondary N) is 2. The summed E-state index contributed by atoms with van der Waals surface area (Å²) in [5.41, 5.74) is 1.59.